The number of rotatable bonds is 20. The number of carboxylic acids is 1. The maximum absolute atomic E-state index is 12.0. The average molecular weight is 452 g/mol. The number of carboxylic acid groups (broad SMARTS) is 1. The highest BCUT2D eigenvalue weighted by Crippen LogP contribution is 2.08. The number of carbonyl (C=O) groups excluding carboxylic acids is 2. The molecule has 0 aromatic heterocycles. The topological polar surface area (TPSA) is 98.7 Å². The third kappa shape index (κ3) is 19.8. The molecule has 0 heterocycles. The van der Waals surface area contributed by atoms with Gasteiger partial charge in [-0.2, -0.15) is 0 Å². The van der Waals surface area contributed by atoms with Crippen molar-refractivity contribution in [3.05, 3.63) is 24.3 Å². The maximum Gasteiger partial charge on any atom is 0.328 e. The van der Waals surface area contributed by atoms with E-state index >= 15 is 0 Å². The summed E-state index contributed by atoms with van der Waals surface area (Å²) in [7, 11) is 3.50. The number of nitrogens with zero attached hydrogens (tertiary/aromatic N) is 1. The molecule has 0 aromatic carbocycles. The lowest BCUT2D eigenvalue weighted by Gasteiger charge is -2.16. The Morgan fingerprint density at radius 3 is 2.03 bits per heavy atom. The first-order chi connectivity index (χ1) is 15.4. The molecular weight excluding hydrogens is 406 g/mol. The highest BCUT2D eigenvalue weighted by Gasteiger charge is 2.20. The number of carbonyl (C=O) groups is 3. The largest absolute Gasteiger partial charge is 0.480 e. The van der Waals surface area contributed by atoms with E-state index in [2.05, 4.69) is 41.9 Å². The van der Waals surface area contributed by atoms with Crippen LogP contribution in [0.15, 0.2) is 24.3 Å². The van der Waals surface area contributed by atoms with Crippen LogP contribution in [0.3, 0.4) is 0 Å². The Balaban J connectivity index is 3.75. The fraction of sp³-hybridized carbons (Fsp3) is 0.720. The molecule has 0 aliphatic rings. The van der Waals surface area contributed by atoms with Gasteiger partial charge in [0, 0.05) is 13.0 Å². The summed E-state index contributed by atoms with van der Waals surface area (Å²) >= 11 is 0. The summed E-state index contributed by atoms with van der Waals surface area (Å²) in [6, 6.07) is -1.11. The second kappa shape index (κ2) is 20.7. The van der Waals surface area contributed by atoms with Crippen LogP contribution >= 0.6 is 0 Å². The second-order valence-corrected chi connectivity index (χ2v) is 8.48. The third-order valence-electron chi connectivity index (χ3n) is 4.95. The van der Waals surface area contributed by atoms with Crippen molar-refractivity contribution in [2.24, 2.45) is 0 Å². The number of amides is 2. The van der Waals surface area contributed by atoms with E-state index in [9.17, 15) is 19.5 Å². The molecule has 0 bridgehead atoms. The molecule has 0 radical (unpaired) electrons. The van der Waals surface area contributed by atoms with Gasteiger partial charge in [0.25, 0.3) is 0 Å². The normalized spacial score (nSPS) is 12.5. The number of nitrogens with one attached hydrogen (secondary N) is 2. The van der Waals surface area contributed by atoms with Crippen molar-refractivity contribution in [2.45, 2.75) is 90.0 Å². The highest BCUT2D eigenvalue weighted by molar-refractivity contribution is 5.84. The van der Waals surface area contributed by atoms with Gasteiger partial charge in [-0.25, -0.2) is 4.79 Å². The first-order valence-corrected chi connectivity index (χ1v) is 12.1. The lowest BCUT2D eigenvalue weighted by Crippen LogP contribution is -2.49. The second-order valence-electron chi connectivity index (χ2n) is 8.48. The van der Waals surface area contributed by atoms with Gasteiger partial charge in [0.15, 0.2) is 0 Å². The van der Waals surface area contributed by atoms with Crippen LogP contribution in [0.25, 0.3) is 0 Å². The Bertz CT molecular complexity index is 574. The van der Waals surface area contributed by atoms with Crippen LogP contribution in [0.1, 0.15) is 84.0 Å². The molecule has 0 saturated carbocycles. The molecule has 0 saturated heterocycles. The minimum atomic E-state index is -1.15. The number of allylic oxidation sites excluding steroid dienone is 4. The lowest BCUT2D eigenvalue weighted by atomic mass is 10.1. The van der Waals surface area contributed by atoms with Crippen LogP contribution < -0.4 is 10.6 Å². The van der Waals surface area contributed by atoms with E-state index in [1.54, 1.807) is 19.0 Å². The van der Waals surface area contributed by atoms with Crippen molar-refractivity contribution in [3.8, 4) is 0 Å². The molecule has 0 fully saturated rings. The molecule has 2 amide bonds. The zero-order valence-corrected chi connectivity index (χ0v) is 20.4. The fourth-order valence-corrected chi connectivity index (χ4v) is 3.12. The number of aliphatic carboxylic acids is 1. The van der Waals surface area contributed by atoms with Crippen molar-refractivity contribution in [2.75, 3.05) is 27.2 Å². The number of hydrogen-bond acceptors (Lipinski definition) is 4. The van der Waals surface area contributed by atoms with E-state index < -0.39 is 12.0 Å². The quantitative estimate of drug-likeness (QED) is 0.192. The Kier molecular flexibility index (Phi) is 19.3. The summed E-state index contributed by atoms with van der Waals surface area (Å²) in [5, 5.41) is 14.3. The van der Waals surface area contributed by atoms with Crippen LogP contribution in [0.5, 0.6) is 0 Å². The van der Waals surface area contributed by atoms with Gasteiger partial charge in [0.05, 0.1) is 6.54 Å². The molecule has 0 aromatic rings. The summed E-state index contributed by atoms with van der Waals surface area (Å²) in [4.78, 5) is 36.6. The van der Waals surface area contributed by atoms with Gasteiger partial charge in [-0.3, -0.25) is 9.59 Å². The molecule has 32 heavy (non-hydrogen) atoms. The molecule has 0 rings (SSSR count). The molecule has 0 unspecified atom stereocenters. The summed E-state index contributed by atoms with van der Waals surface area (Å²) < 4.78 is 0. The number of hydrogen-bond donors (Lipinski definition) is 3. The molecular formula is C25H45N3O4. The van der Waals surface area contributed by atoms with Crippen molar-refractivity contribution >= 4 is 17.8 Å². The molecule has 0 aliphatic carbocycles. The number of likely N-dealkylation sites (N-methyl/N-ethyl adjacent to an activating group) is 1. The zero-order chi connectivity index (χ0) is 24.0. The first kappa shape index (κ1) is 29.9. The minimum Gasteiger partial charge on any atom is -0.480 e. The molecule has 184 valence electrons. The van der Waals surface area contributed by atoms with Crippen LogP contribution in [-0.2, 0) is 14.4 Å². The molecule has 1 atom stereocenters. The van der Waals surface area contributed by atoms with Gasteiger partial charge in [-0.15, -0.1) is 0 Å². The predicted molar refractivity (Wildman–Crippen MR) is 130 cm³/mol. The van der Waals surface area contributed by atoms with Crippen LogP contribution in [0, 0.1) is 0 Å². The summed E-state index contributed by atoms with van der Waals surface area (Å²) in [6.07, 6.45) is 21.5. The average Bonchev–Trinajstić information content (AvgIpc) is 2.73. The van der Waals surface area contributed by atoms with Crippen molar-refractivity contribution < 1.29 is 19.5 Å². The summed E-state index contributed by atoms with van der Waals surface area (Å²) in [6.45, 7) is 2.28. The van der Waals surface area contributed by atoms with E-state index in [1.165, 1.54) is 25.7 Å². The van der Waals surface area contributed by atoms with Crippen molar-refractivity contribution in [1.29, 1.82) is 0 Å². The van der Waals surface area contributed by atoms with Crippen LogP contribution in [-0.4, -0.2) is 61.0 Å². The van der Waals surface area contributed by atoms with E-state index in [1.807, 2.05) is 0 Å². The van der Waals surface area contributed by atoms with Crippen molar-refractivity contribution in [3.63, 3.8) is 0 Å². The van der Waals surface area contributed by atoms with E-state index in [0.29, 0.717) is 6.42 Å². The first-order valence-electron chi connectivity index (χ1n) is 12.1. The van der Waals surface area contributed by atoms with Gasteiger partial charge >= 0.3 is 5.97 Å². The van der Waals surface area contributed by atoms with Gasteiger partial charge in [-0.1, -0.05) is 63.3 Å². The lowest BCUT2D eigenvalue weighted by molar-refractivity contribution is -0.141. The van der Waals surface area contributed by atoms with Crippen LogP contribution in [0.4, 0.5) is 0 Å². The molecule has 7 nitrogen and oxygen atoms in total. The van der Waals surface area contributed by atoms with Gasteiger partial charge in [0.2, 0.25) is 11.8 Å². The summed E-state index contributed by atoms with van der Waals surface area (Å²) in [5.41, 5.74) is 0. The van der Waals surface area contributed by atoms with E-state index in [4.69, 9.17) is 0 Å². The zero-order valence-electron chi connectivity index (χ0n) is 20.4. The molecule has 0 spiro atoms. The Hall–Kier alpha value is -2.15. The smallest absolute Gasteiger partial charge is 0.328 e. The third-order valence-corrected chi connectivity index (χ3v) is 4.95. The van der Waals surface area contributed by atoms with E-state index in [-0.39, 0.29) is 24.9 Å². The van der Waals surface area contributed by atoms with E-state index in [0.717, 1.165) is 44.9 Å². The summed E-state index contributed by atoms with van der Waals surface area (Å²) in [5.74, 6) is -1.71. The SMILES string of the molecule is CCCCC/C=C\C/C=C\CCCCCCCC(=O)N[C@@H](CNC(=O)CN(C)C)C(=O)O. The monoisotopic (exact) mass is 451 g/mol. The number of unbranched alkanes of at least 4 members (excludes halogenated alkanes) is 8. The minimum absolute atomic E-state index is 0.115. The Morgan fingerprint density at radius 1 is 0.844 bits per heavy atom. The molecule has 0 aliphatic heterocycles. The standard InChI is InChI=1S/C25H45N3O4/c1-4-5-6-7-8-9-10-11-12-13-14-15-16-17-18-19-23(29)27-22(25(31)32)20-26-24(30)21-28(2)3/h8-9,11-12,22H,4-7,10,13-21H2,1-3H3,(H,26,30)(H,27,29)(H,31,32)/b9-8-,12-11-/t22-/m0/s1. The van der Waals surface area contributed by atoms with Gasteiger partial charge < -0.3 is 20.6 Å². The fourth-order valence-electron chi connectivity index (χ4n) is 3.12. The predicted octanol–water partition coefficient (Wildman–Crippen LogP) is 4.05. The van der Waals surface area contributed by atoms with Gasteiger partial charge in [-0.05, 0) is 52.6 Å². The van der Waals surface area contributed by atoms with Crippen molar-refractivity contribution in [1.82, 2.24) is 15.5 Å². The molecule has 3 N–H and O–H groups in total. The Labute approximate surface area is 194 Å². The van der Waals surface area contributed by atoms with Gasteiger partial charge in [0.1, 0.15) is 6.04 Å². The molecule has 7 heteroatoms. The Morgan fingerprint density at radius 2 is 1.44 bits per heavy atom. The highest BCUT2D eigenvalue weighted by atomic mass is 16.4. The maximum atomic E-state index is 12.0. The van der Waals surface area contributed by atoms with Crippen LogP contribution in [0.2, 0.25) is 0 Å².